The second-order valence-corrected chi connectivity index (χ2v) is 4.33. The minimum atomic E-state index is 0.714. The van der Waals surface area contributed by atoms with Gasteiger partial charge >= 0.3 is 0 Å². The van der Waals surface area contributed by atoms with Crippen LogP contribution in [-0.2, 0) is 26.9 Å². The molecule has 2 rings (SSSR count). The molecule has 0 unspecified atom stereocenters. The Labute approximate surface area is 107 Å². The van der Waals surface area contributed by atoms with E-state index in [1.807, 2.05) is 27.2 Å². The summed E-state index contributed by atoms with van der Waals surface area (Å²) in [6.45, 7) is 4.13. The minimum absolute atomic E-state index is 0.714. The predicted molar refractivity (Wildman–Crippen MR) is 72.9 cm³/mol. The normalized spacial score (nSPS) is 10.9. The second kappa shape index (κ2) is 4.72. The minimum Gasteiger partial charge on any atom is -0.394 e. The third-order valence-electron chi connectivity index (χ3n) is 2.99. The van der Waals surface area contributed by atoms with Gasteiger partial charge in [0.2, 0.25) is 0 Å². The maximum atomic E-state index is 6.09. The number of hydrogen-bond acceptors (Lipinski definition) is 4. The number of rotatable bonds is 4. The lowest BCUT2D eigenvalue weighted by Crippen LogP contribution is -2.02. The molecule has 0 amide bonds. The van der Waals surface area contributed by atoms with Crippen LogP contribution in [0.15, 0.2) is 6.20 Å². The highest BCUT2D eigenvalue weighted by atomic mass is 15.3. The number of nitrogens with two attached hydrogens (primary N) is 1. The summed E-state index contributed by atoms with van der Waals surface area (Å²) >= 11 is 0. The molecule has 6 nitrogen and oxygen atoms in total. The molecule has 2 heterocycles. The van der Waals surface area contributed by atoms with Crippen LogP contribution < -0.4 is 11.1 Å². The molecule has 0 bridgehead atoms. The topological polar surface area (TPSA) is 73.7 Å². The van der Waals surface area contributed by atoms with Crippen molar-refractivity contribution >= 4 is 17.2 Å². The summed E-state index contributed by atoms with van der Waals surface area (Å²) in [5.74, 6) is 0.828. The quantitative estimate of drug-likeness (QED) is 0.862. The number of anilines is 3. The molecule has 0 saturated heterocycles. The van der Waals surface area contributed by atoms with E-state index in [2.05, 4.69) is 22.4 Å². The first-order chi connectivity index (χ1) is 8.56. The molecule has 2 aromatic rings. The van der Waals surface area contributed by atoms with Gasteiger partial charge in [-0.2, -0.15) is 10.2 Å². The molecule has 0 aliphatic heterocycles. The first kappa shape index (κ1) is 12.5. The summed E-state index contributed by atoms with van der Waals surface area (Å²) in [5, 5.41) is 12.1. The third-order valence-corrected chi connectivity index (χ3v) is 2.99. The largest absolute Gasteiger partial charge is 0.394 e. The monoisotopic (exact) mass is 248 g/mol. The average molecular weight is 248 g/mol. The Bertz CT molecular complexity index is 551. The van der Waals surface area contributed by atoms with Crippen LogP contribution in [0.1, 0.15) is 25.2 Å². The predicted octanol–water partition coefficient (Wildman–Crippen LogP) is 1.60. The molecule has 0 aliphatic carbocycles. The molecule has 98 valence electrons. The molecule has 6 heteroatoms. The Hall–Kier alpha value is -1.98. The zero-order valence-electron chi connectivity index (χ0n) is 11.4. The number of nitrogen functional groups attached to an aromatic ring is 1. The molecule has 0 radical (unpaired) electrons. The fourth-order valence-electron chi connectivity index (χ4n) is 2.03. The molecular weight excluding hydrogens is 228 g/mol. The van der Waals surface area contributed by atoms with Crippen molar-refractivity contribution in [1.29, 1.82) is 0 Å². The van der Waals surface area contributed by atoms with Crippen LogP contribution in [0.2, 0.25) is 0 Å². The molecule has 0 fully saturated rings. The van der Waals surface area contributed by atoms with E-state index in [1.54, 1.807) is 9.36 Å². The molecular formula is C12H20N6. The highest BCUT2D eigenvalue weighted by molar-refractivity contribution is 5.72. The first-order valence-electron chi connectivity index (χ1n) is 6.17. The van der Waals surface area contributed by atoms with Crippen LogP contribution in [0.4, 0.5) is 17.2 Å². The number of aryl methyl sites for hydroxylation is 4. The van der Waals surface area contributed by atoms with Gasteiger partial charge in [-0.15, -0.1) is 0 Å². The van der Waals surface area contributed by atoms with Gasteiger partial charge in [0.25, 0.3) is 0 Å². The van der Waals surface area contributed by atoms with Gasteiger partial charge in [0.15, 0.2) is 5.82 Å². The summed E-state index contributed by atoms with van der Waals surface area (Å²) in [6, 6.07) is 0. The van der Waals surface area contributed by atoms with E-state index in [9.17, 15) is 0 Å². The van der Waals surface area contributed by atoms with Crippen molar-refractivity contribution < 1.29 is 0 Å². The maximum absolute atomic E-state index is 6.09. The third kappa shape index (κ3) is 2.05. The highest BCUT2D eigenvalue weighted by Gasteiger charge is 2.14. The van der Waals surface area contributed by atoms with E-state index in [0.717, 1.165) is 35.7 Å². The lowest BCUT2D eigenvalue weighted by atomic mass is 10.2. The molecule has 18 heavy (non-hydrogen) atoms. The van der Waals surface area contributed by atoms with Crippen molar-refractivity contribution in [2.45, 2.75) is 26.7 Å². The summed E-state index contributed by atoms with van der Waals surface area (Å²) in [6.07, 6.45) is 3.66. The van der Waals surface area contributed by atoms with Crippen LogP contribution in [0.3, 0.4) is 0 Å². The fraction of sp³-hybridized carbons (Fsp3) is 0.500. The van der Waals surface area contributed by atoms with Crippen LogP contribution in [-0.4, -0.2) is 19.6 Å². The SMILES string of the molecule is CCc1nn(C)cc1Nc1c(N)c(CC)nn1C. The molecule has 3 N–H and O–H groups in total. The van der Waals surface area contributed by atoms with Gasteiger partial charge in [0, 0.05) is 20.3 Å². The zero-order chi connectivity index (χ0) is 13.3. The van der Waals surface area contributed by atoms with Crippen molar-refractivity contribution in [1.82, 2.24) is 19.6 Å². The lowest BCUT2D eigenvalue weighted by molar-refractivity contribution is 0.746. The first-order valence-corrected chi connectivity index (χ1v) is 6.17. The van der Waals surface area contributed by atoms with Gasteiger partial charge in [-0.1, -0.05) is 13.8 Å². The molecule has 0 atom stereocenters. The smallest absolute Gasteiger partial charge is 0.152 e. The van der Waals surface area contributed by atoms with Crippen molar-refractivity contribution in [3.63, 3.8) is 0 Å². The second-order valence-electron chi connectivity index (χ2n) is 4.33. The number of nitrogens with one attached hydrogen (secondary N) is 1. The van der Waals surface area contributed by atoms with Crippen LogP contribution in [0.5, 0.6) is 0 Å². The standard InChI is InChI=1S/C12H20N6/c1-5-8-10(7-17(3)15-8)14-12-11(13)9(6-2)16-18(12)4/h7,14H,5-6,13H2,1-4H3. The van der Waals surface area contributed by atoms with Gasteiger partial charge < -0.3 is 11.1 Å². The Morgan fingerprint density at radius 1 is 1.17 bits per heavy atom. The van der Waals surface area contributed by atoms with Crippen LogP contribution in [0, 0.1) is 0 Å². The summed E-state index contributed by atoms with van der Waals surface area (Å²) < 4.78 is 3.58. The van der Waals surface area contributed by atoms with E-state index < -0.39 is 0 Å². The Morgan fingerprint density at radius 3 is 2.39 bits per heavy atom. The van der Waals surface area contributed by atoms with Gasteiger partial charge in [-0.05, 0) is 12.8 Å². The number of hydrogen-bond donors (Lipinski definition) is 2. The Kier molecular flexibility index (Phi) is 3.27. The van der Waals surface area contributed by atoms with Crippen molar-refractivity contribution in [3.8, 4) is 0 Å². The van der Waals surface area contributed by atoms with E-state index in [0.29, 0.717) is 5.69 Å². The lowest BCUT2D eigenvalue weighted by Gasteiger charge is -2.06. The molecule has 0 aromatic carbocycles. The van der Waals surface area contributed by atoms with Gasteiger partial charge in [0.1, 0.15) is 0 Å². The number of nitrogens with zero attached hydrogens (tertiary/aromatic N) is 4. The highest BCUT2D eigenvalue weighted by Crippen LogP contribution is 2.27. The van der Waals surface area contributed by atoms with E-state index in [1.165, 1.54) is 0 Å². The van der Waals surface area contributed by atoms with Crippen LogP contribution in [0.25, 0.3) is 0 Å². The molecule has 2 aromatic heterocycles. The van der Waals surface area contributed by atoms with Crippen LogP contribution >= 0.6 is 0 Å². The molecule has 0 saturated carbocycles. The average Bonchev–Trinajstić information content (AvgIpc) is 2.83. The number of aromatic nitrogens is 4. The zero-order valence-corrected chi connectivity index (χ0v) is 11.4. The van der Waals surface area contributed by atoms with E-state index in [-0.39, 0.29) is 0 Å². The van der Waals surface area contributed by atoms with Crippen molar-refractivity contribution in [2.75, 3.05) is 11.1 Å². The molecule has 0 spiro atoms. The summed E-state index contributed by atoms with van der Waals surface area (Å²) in [7, 11) is 3.80. The van der Waals surface area contributed by atoms with Gasteiger partial charge in [-0.3, -0.25) is 9.36 Å². The van der Waals surface area contributed by atoms with Gasteiger partial charge in [-0.25, -0.2) is 0 Å². The molecule has 0 aliphatic rings. The Morgan fingerprint density at radius 2 is 1.83 bits per heavy atom. The van der Waals surface area contributed by atoms with Crippen molar-refractivity contribution in [3.05, 3.63) is 17.6 Å². The van der Waals surface area contributed by atoms with E-state index in [4.69, 9.17) is 5.73 Å². The Balaban J connectivity index is 2.36. The fourth-order valence-corrected chi connectivity index (χ4v) is 2.03. The summed E-state index contributed by atoms with van der Waals surface area (Å²) in [4.78, 5) is 0. The van der Waals surface area contributed by atoms with Crippen molar-refractivity contribution in [2.24, 2.45) is 14.1 Å². The van der Waals surface area contributed by atoms with Gasteiger partial charge in [0.05, 0.1) is 22.8 Å². The maximum Gasteiger partial charge on any atom is 0.152 e. The summed E-state index contributed by atoms with van der Waals surface area (Å²) in [5.41, 5.74) is 9.73. The van der Waals surface area contributed by atoms with E-state index >= 15 is 0 Å².